The van der Waals surface area contributed by atoms with E-state index in [1.165, 1.54) is 6.07 Å². The minimum atomic E-state index is -0.349. The molecule has 0 amide bonds. The van der Waals surface area contributed by atoms with Crippen LogP contribution >= 0.6 is 22.9 Å². The Morgan fingerprint density at radius 2 is 1.72 bits per heavy atom. The SMILES string of the molecule is Cc1sc2nc(Cl)nc(Nc3ccccc3F)c2c1-c1ccccc1. The van der Waals surface area contributed by atoms with Crippen LogP contribution in [-0.2, 0) is 0 Å². The summed E-state index contributed by atoms with van der Waals surface area (Å²) >= 11 is 7.64. The molecule has 4 rings (SSSR count). The van der Waals surface area contributed by atoms with Gasteiger partial charge in [-0.15, -0.1) is 11.3 Å². The zero-order valence-corrected chi connectivity index (χ0v) is 14.8. The van der Waals surface area contributed by atoms with Crippen LogP contribution in [0.5, 0.6) is 0 Å². The lowest BCUT2D eigenvalue weighted by atomic mass is 10.0. The van der Waals surface area contributed by atoms with Crippen LogP contribution in [-0.4, -0.2) is 9.97 Å². The molecule has 1 N–H and O–H groups in total. The van der Waals surface area contributed by atoms with Crippen LogP contribution in [0.15, 0.2) is 54.6 Å². The Hall–Kier alpha value is -2.50. The molecule has 0 atom stereocenters. The first-order valence-electron chi connectivity index (χ1n) is 7.67. The lowest BCUT2D eigenvalue weighted by Gasteiger charge is -2.10. The first kappa shape index (κ1) is 16.0. The summed E-state index contributed by atoms with van der Waals surface area (Å²) < 4.78 is 14.1. The zero-order chi connectivity index (χ0) is 17.4. The Morgan fingerprint density at radius 3 is 2.48 bits per heavy atom. The number of nitrogens with one attached hydrogen (secondary N) is 1. The lowest BCUT2D eigenvalue weighted by molar-refractivity contribution is 0.632. The second-order valence-electron chi connectivity index (χ2n) is 5.53. The summed E-state index contributed by atoms with van der Waals surface area (Å²) in [6.45, 7) is 2.04. The highest BCUT2D eigenvalue weighted by Crippen LogP contribution is 2.41. The summed E-state index contributed by atoms with van der Waals surface area (Å²) in [5, 5.41) is 4.06. The van der Waals surface area contributed by atoms with Gasteiger partial charge in [0, 0.05) is 10.4 Å². The maximum atomic E-state index is 14.1. The van der Waals surface area contributed by atoms with E-state index in [0.29, 0.717) is 11.5 Å². The van der Waals surface area contributed by atoms with E-state index in [1.807, 2.05) is 37.3 Å². The number of hydrogen-bond donors (Lipinski definition) is 1. The third-order valence-electron chi connectivity index (χ3n) is 3.89. The zero-order valence-electron chi connectivity index (χ0n) is 13.3. The van der Waals surface area contributed by atoms with Crippen molar-refractivity contribution in [3.8, 4) is 11.1 Å². The number of para-hydroxylation sites is 1. The number of rotatable bonds is 3. The van der Waals surface area contributed by atoms with Crippen LogP contribution in [0.1, 0.15) is 4.88 Å². The second-order valence-corrected chi connectivity index (χ2v) is 7.07. The van der Waals surface area contributed by atoms with Crippen molar-refractivity contribution in [2.75, 3.05) is 5.32 Å². The van der Waals surface area contributed by atoms with Gasteiger partial charge in [0.2, 0.25) is 5.28 Å². The number of halogens is 2. The first-order valence-corrected chi connectivity index (χ1v) is 8.86. The predicted molar refractivity (Wildman–Crippen MR) is 102 cm³/mol. The van der Waals surface area contributed by atoms with Crippen LogP contribution in [0.3, 0.4) is 0 Å². The minimum absolute atomic E-state index is 0.132. The summed E-state index contributed by atoms with van der Waals surface area (Å²) in [5.41, 5.74) is 2.45. The van der Waals surface area contributed by atoms with Crippen molar-refractivity contribution in [1.82, 2.24) is 9.97 Å². The molecule has 25 heavy (non-hydrogen) atoms. The van der Waals surface area contributed by atoms with Crippen molar-refractivity contribution in [3.63, 3.8) is 0 Å². The maximum Gasteiger partial charge on any atom is 0.225 e. The first-order chi connectivity index (χ1) is 12.1. The third-order valence-corrected chi connectivity index (χ3v) is 5.06. The fourth-order valence-corrected chi connectivity index (χ4v) is 4.08. The van der Waals surface area contributed by atoms with Gasteiger partial charge in [0.1, 0.15) is 16.5 Å². The van der Waals surface area contributed by atoms with Gasteiger partial charge in [0.15, 0.2) is 0 Å². The highest BCUT2D eigenvalue weighted by Gasteiger charge is 2.18. The molecule has 2 heterocycles. The summed E-state index contributed by atoms with van der Waals surface area (Å²) in [7, 11) is 0. The number of fused-ring (bicyclic) bond motifs is 1. The van der Waals surface area contributed by atoms with Crippen molar-refractivity contribution >= 4 is 44.7 Å². The summed E-state index contributed by atoms with van der Waals surface area (Å²) in [5.74, 6) is 0.155. The molecule has 0 radical (unpaired) electrons. The van der Waals surface area contributed by atoms with Crippen LogP contribution < -0.4 is 5.32 Å². The quantitative estimate of drug-likeness (QED) is 0.437. The molecule has 0 aliphatic heterocycles. The number of thiophene rings is 1. The lowest BCUT2D eigenvalue weighted by Crippen LogP contribution is -1.98. The molecule has 0 saturated heterocycles. The Labute approximate surface area is 153 Å². The van der Waals surface area contributed by atoms with Gasteiger partial charge in [-0.3, -0.25) is 0 Å². The predicted octanol–water partition coefficient (Wildman–Crippen LogP) is 6.20. The molecule has 6 heteroatoms. The molecule has 0 aliphatic rings. The molecule has 2 aromatic heterocycles. The fraction of sp³-hybridized carbons (Fsp3) is 0.0526. The van der Waals surface area contributed by atoms with Crippen molar-refractivity contribution in [3.05, 3.63) is 70.6 Å². The Morgan fingerprint density at radius 1 is 1.00 bits per heavy atom. The summed E-state index contributed by atoms with van der Waals surface area (Å²) in [6, 6.07) is 16.5. The number of anilines is 2. The van der Waals surface area contributed by atoms with E-state index >= 15 is 0 Å². The number of aromatic nitrogens is 2. The van der Waals surface area contributed by atoms with E-state index in [9.17, 15) is 4.39 Å². The smallest absolute Gasteiger partial charge is 0.225 e. The van der Waals surface area contributed by atoms with Gasteiger partial charge in [-0.25, -0.2) is 9.37 Å². The Balaban J connectivity index is 1.96. The van der Waals surface area contributed by atoms with Crippen molar-refractivity contribution < 1.29 is 4.39 Å². The van der Waals surface area contributed by atoms with Gasteiger partial charge in [-0.1, -0.05) is 42.5 Å². The molecule has 0 saturated carbocycles. The molecular weight excluding hydrogens is 357 g/mol. The van der Waals surface area contributed by atoms with Gasteiger partial charge in [-0.05, 0) is 36.2 Å². The van der Waals surface area contributed by atoms with E-state index < -0.39 is 0 Å². The molecule has 4 aromatic rings. The topological polar surface area (TPSA) is 37.8 Å². The average Bonchev–Trinajstić information content (AvgIpc) is 2.93. The van der Waals surface area contributed by atoms with Crippen LogP contribution in [0.25, 0.3) is 21.3 Å². The molecule has 3 nitrogen and oxygen atoms in total. The van der Waals surface area contributed by atoms with Gasteiger partial charge in [0.05, 0.1) is 11.1 Å². The van der Waals surface area contributed by atoms with Crippen molar-refractivity contribution in [2.45, 2.75) is 6.92 Å². The average molecular weight is 370 g/mol. The number of benzene rings is 2. The molecule has 0 unspecified atom stereocenters. The van der Waals surface area contributed by atoms with E-state index in [-0.39, 0.29) is 11.1 Å². The molecule has 0 spiro atoms. The normalized spacial score (nSPS) is 11.0. The van der Waals surface area contributed by atoms with Gasteiger partial charge < -0.3 is 5.32 Å². The molecule has 0 fully saturated rings. The third kappa shape index (κ3) is 2.97. The van der Waals surface area contributed by atoms with Crippen molar-refractivity contribution in [2.24, 2.45) is 0 Å². The monoisotopic (exact) mass is 369 g/mol. The van der Waals surface area contributed by atoms with Gasteiger partial charge in [0.25, 0.3) is 0 Å². The van der Waals surface area contributed by atoms with E-state index in [4.69, 9.17) is 11.6 Å². The summed E-state index contributed by atoms with van der Waals surface area (Å²) in [6.07, 6.45) is 0. The molecule has 124 valence electrons. The summed E-state index contributed by atoms with van der Waals surface area (Å²) in [4.78, 5) is 10.5. The number of aryl methyl sites for hydroxylation is 1. The second kappa shape index (κ2) is 6.43. The van der Waals surface area contributed by atoms with Gasteiger partial charge in [-0.2, -0.15) is 4.98 Å². The molecule has 0 bridgehead atoms. The molecular formula is C19H13ClFN3S. The highest BCUT2D eigenvalue weighted by molar-refractivity contribution is 7.19. The van der Waals surface area contributed by atoms with Crippen LogP contribution in [0.2, 0.25) is 5.28 Å². The number of hydrogen-bond acceptors (Lipinski definition) is 4. The van der Waals surface area contributed by atoms with E-state index in [2.05, 4.69) is 15.3 Å². The Kier molecular flexibility index (Phi) is 4.11. The molecule has 2 aromatic carbocycles. The Bertz CT molecular complexity index is 1060. The van der Waals surface area contributed by atoms with Crippen molar-refractivity contribution in [1.29, 1.82) is 0 Å². The van der Waals surface area contributed by atoms with E-state index in [0.717, 1.165) is 26.2 Å². The fourth-order valence-electron chi connectivity index (χ4n) is 2.82. The number of nitrogens with zero attached hydrogens (tertiary/aromatic N) is 2. The van der Waals surface area contributed by atoms with Crippen LogP contribution in [0.4, 0.5) is 15.9 Å². The highest BCUT2D eigenvalue weighted by atomic mass is 35.5. The largest absolute Gasteiger partial charge is 0.337 e. The minimum Gasteiger partial charge on any atom is -0.337 e. The standard InChI is InChI=1S/C19H13ClFN3S/c1-11-15(12-7-3-2-4-8-12)16-17(23-19(20)24-18(16)25-11)22-14-10-6-5-9-13(14)21/h2-10H,1H3,(H,22,23,24). The van der Waals surface area contributed by atoms with Gasteiger partial charge >= 0.3 is 0 Å². The van der Waals surface area contributed by atoms with E-state index in [1.54, 1.807) is 29.5 Å². The van der Waals surface area contributed by atoms with Crippen LogP contribution in [0, 0.1) is 12.7 Å². The molecule has 0 aliphatic carbocycles. The maximum absolute atomic E-state index is 14.1.